The van der Waals surface area contributed by atoms with E-state index in [2.05, 4.69) is 58.7 Å². The van der Waals surface area contributed by atoms with Crippen LogP contribution in [0, 0.1) is 74.4 Å². The number of aliphatic hydroxyl groups is 1. The first-order valence-corrected chi connectivity index (χ1v) is 23.7. The Morgan fingerprint density at radius 1 is 0.815 bits per heavy atom. The molecule has 0 unspecified atom stereocenters. The summed E-state index contributed by atoms with van der Waals surface area (Å²) in [5.74, 6) is 1.61. The van der Waals surface area contributed by atoms with Crippen LogP contribution in [0.3, 0.4) is 0 Å². The van der Waals surface area contributed by atoms with Crippen LogP contribution in [-0.2, 0) is 24.2 Å². The van der Waals surface area contributed by atoms with Crippen molar-refractivity contribution >= 4 is 21.8 Å². The summed E-state index contributed by atoms with van der Waals surface area (Å²) in [6, 6.07) is -0.00523. The van der Waals surface area contributed by atoms with Crippen molar-refractivity contribution in [3.8, 4) is 0 Å². The molecule has 6 aliphatic carbocycles. The minimum atomic E-state index is -2.96. The molecule has 13 atom stereocenters. The molecule has 7 aliphatic rings. The van der Waals surface area contributed by atoms with E-state index < -0.39 is 33.1 Å². The zero-order valence-electron chi connectivity index (χ0n) is 35.1. The highest BCUT2D eigenvalue weighted by molar-refractivity contribution is 7.91. The minimum absolute atomic E-state index is 0.00523. The summed E-state index contributed by atoms with van der Waals surface area (Å²) >= 11 is 0. The van der Waals surface area contributed by atoms with E-state index in [4.69, 9.17) is 4.74 Å². The average molecular weight is 775 g/mol. The molecular formula is C44H74N2O7S. The van der Waals surface area contributed by atoms with Crippen molar-refractivity contribution in [2.24, 2.45) is 74.4 Å². The average Bonchev–Trinajstić information content (AvgIpc) is 3.47. The fourth-order valence-corrected chi connectivity index (χ4v) is 16.8. The van der Waals surface area contributed by atoms with Crippen LogP contribution >= 0.6 is 0 Å². The second-order valence-corrected chi connectivity index (χ2v) is 24.2. The molecule has 7 rings (SSSR count). The van der Waals surface area contributed by atoms with Crippen LogP contribution in [-0.4, -0.2) is 90.9 Å². The van der Waals surface area contributed by atoms with Gasteiger partial charge in [-0.3, -0.25) is 14.5 Å². The smallest absolute Gasteiger partial charge is 0.310 e. The zero-order valence-corrected chi connectivity index (χ0v) is 35.9. The molecule has 9 nitrogen and oxygen atoms in total. The maximum Gasteiger partial charge on any atom is 0.310 e. The van der Waals surface area contributed by atoms with Gasteiger partial charge in [-0.15, -0.1) is 0 Å². The van der Waals surface area contributed by atoms with E-state index in [1.54, 1.807) is 0 Å². The fraction of sp³-hybridized carbons (Fsp3) is 0.955. The lowest BCUT2D eigenvalue weighted by atomic mass is 9.32. The van der Waals surface area contributed by atoms with Gasteiger partial charge in [0.2, 0.25) is 0 Å². The lowest BCUT2D eigenvalue weighted by molar-refractivity contribution is -0.247. The third-order valence-corrected chi connectivity index (χ3v) is 20.6. The van der Waals surface area contributed by atoms with Gasteiger partial charge in [-0.1, -0.05) is 62.3 Å². The lowest BCUT2D eigenvalue weighted by Crippen LogP contribution is -2.69. The summed E-state index contributed by atoms with van der Waals surface area (Å²) < 4.78 is 30.5. The van der Waals surface area contributed by atoms with Crippen LogP contribution in [0.1, 0.15) is 133 Å². The predicted molar refractivity (Wildman–Crippen MR) is 211 cm³/mol. The number of esters is 1. The molecule has 0 aromatic carbocycles. The van der Waals surface area contributed by atoms with Gasteiger partial charge in [0.15, 0.2) is 9.84 Å². The molecule has 0 aromatic rings. The molecule has 0 amide bonds. The number of carbonyl (C=O) groups excluding carboxylic acids is 1. The number of hydrogen-bond acceptors (Lipinski definition) is 8. The maximum atomic E-state index is 13.5. The molecule has 3 N–H and O–H groups in total. The topological polar surface area (TPSA) is 133 Å². The zero-order chi connectivity index (χ0) is 39.4. The van der Waals surface area contributed by atoms with Gasteiger partial charge >= 0.3 is 11.9 Å². The van der Waals surface area contributed by atoms with E-state index in [0.717, 1.165) is 32.2 Å². The summed E-state index contributed by atoms with van der Waals surface area (Å²) in [6.45, 7) is 23.2. The van der Waals surface area contributed by atoms with Crippen LogP contribution in [0.5, 0.6) is 0 Å². The Morgan fingerprint density at radius 3 is 2.11 bits per heavy atom. The van der Waals surface area contributed by atoms with Crippen molar-refractivity contribution in [1.82, 2.24) is 10.2 Å². The number of sulfone groups is 1. The monoisotopic (exact) mass is 775 g/mol. The van der Waals surface area contributed by atoms with Crippen molar-refractivity contribution in [2.75, 3.05) is 37.7 Å². The Bertz CT molecular complexity index is 1570. The first-order valence-electron chi connectivity index (χ1n) is 21.8. The highest BCUT2D eigenvalue weighted by Crippen LogP contribution is 2.76. The van der Waals surface area contributed by atoms with Crippen LogP contribution in [0.2, 0.25) is 0 Å². The summed E-state index contributed by atoms with van der Waals surface area (Å²) in [6.07, 6.45) is 12.3. The first-order chi connectivity index (χ1) is 25.1. The maximum absolute atomic E-state index is 13.5. The number of nitrogens with zero attached hydrogens (tertiary/aromatic N) is 1. The normalized spacial score (nSPS) is 46.7. The summed E-state index contributed by atoms with van der Waals surface area (Å²) in [4.78, 5) is 27.6. The molecule has 0 radical (unpaired) electrons. The van der Waals surface area contributed by atoms with Crippen molar-refractivity contribution in [3.05, 3.63) is 0 Å². The van der Waals surface area contributed by atoms with Crippen LogP contribution in [0.25, 0.3) is 0 Å². The Labute approximate surface area is 326 Å². The number of fused-ring (bicyclic) bond motifs is 7. The van der Waals surface area contributed by atoms with Gasteiger partial charge in [0.05, 0.1) is 29.9 Å². The molecule has 54 heavy (non-hydrogen) atoms. The molecular weight excluding hydrogens is 701 g/mol. The number of hydrogen-bond donors (Lipinski definition) is 3. The highest BCUT2D eigenvalue weighted by Gasteiger charge is 2.72. The molecule has 6 saturated carbocycles. The van der Waals surface area contributed by atoms with Crippen LogP contribution < -0.4 is 5.32 Å². The van der Waals surface area contributed by atoms with Gasteiger partial charge in [-0.25, -0.2) is 8.42 Å². The van der Waals surface area contributed by atoms with E-state index in [1.165, 1.54) is 44.9 Å². The van der Waals surface area contributed by atoms with Gasteiger partial charge in [0.25, 0.3) is 0 Å². The molecule has 1 aliphatic heterocycles. The molecule has 0 aromatic heterocycles. The summed E-state index contributed by atoms with van der Waals surface area (Å²) in [7, 11) is -2.96. The van der Waals surface area contributed by atoms with Crippen molar-refractivity contribution in [1.29, 1.82) is 0 Å². The number of carbonyl (C=O) groups is 2. The molecule has 7 fully saturated rings. The number of aliphatic carboxylic acids is 1. The van der Waals surface area contributed by atoms with Crippen molar-refractivity contribution in [3.63, 3.8) is 0 Å². The molecule has 10 heteroatoms. The number of carboxylic acids is 1. The minimum Gasteiger partial charge on any atom is -0.481 e. The van der Waals surface area contributed by atoms with Gasteiger partial charge < -0.3 is 20.3 Å². The molecule has 1 heterocycles. The fourth-order valence-electron chi connectivity index (χ4n) is 15.6. The lowest BCUT2D eigenvalue weighted by Gasteiger charge is -2.73. The van der Waals surface area contributed by atoms with E-state index in [0.29, 0.717) is 48.6 Å². The van der Waals surface area contributed by atoms with E-state index in [9.17, 15) is 28.2 Å². The number of ether oxygens (including phenoxy) is 1. The standard InChI is InChI=1S/C44H74N2O7S/c1-27(2)29-12-18-44(45-21-15-28(26-47)46-22-24-54(51,52)25-23-46)20-19-42(8)30(34(29)44)10-11-32-41(7)16-14-33(39(3,4)31(41)13-17-43(32,42)9)53-38(50)36-35(37(48)49)40(36,5)6/h27-36,45,47H,10-26H2,1-9H3,(H,48,49)/t28-,29+,30-,31+,32-,33+,34-,35+,36-,41+,42-,43-,44+/m1/s1. The Balaban J connectivity index is 1.08. The SMILES string of the molecule is CC(C)[C@@H]1CC[C@]2(NCC[C@H](CO)N3CCS(=O)(=O)CC3)CC[C@]3(C)[C@H](CC[C@@H]4[C@@]5(C)CC[C@H](OC(=O)[C@H]6[C@@H](C(=O)O)C6(C)C)C(C)(C)[C@@H]5CC[C@]43C)[C@@H]12. The second-order valence-electron chi connectivity index (χ2n) is 21.9. The van der Waals surface area contributed by atoms with E-state index in [1.807, 2.05) is 13.8 Å². The number of nitrogens with one attached hydrogen (secondary N) is 1. The van der Waals surface area contributed by atoms with E-state index in [-0.39, 0.29) is 63.4 Å². The first kappa shape index (κ1) is 40.9. The van der Waals surface area contributed by atoms with Gasteiger partial charge in [-0.2, -0.15) is 0 Å². The van der Waals surface area contributed by atoms with Crippen LogP contribution in [0.4, 0.5) is 0 Å². The third-order valence-electron chi connectivity index (χ3n) is 18.9. The Hall–Kier alpha value is -1.23. The Kier molecular flexibility index (Phi) is 10.4. The second kappa shape index (κ2) is 13.7. The predicted octanol–water partition coefficient (Wildman–Crippen LogP) is 6.82. The van der Waals surface area contributed by atoms with Gasteiger partial charge in [-0.05, 0) is 134 Å². The number of carboxylic acid groups (broad SMARTS) is 1. The van der Waals surface area contributed by atoms with Gasteiger partial charge in [0, 0.05) is 30.1 Å². The van der Waals surface area contributed by atoms with Crippen molar-refractivity contribution < 1.29 is 33.0 Å². The third kappa shape index (κ3) is 6.17. The quantitative estimate of drug-likeness (QED) is 0.205. The molecule has 0 spiro atoms. The van der Waals surface area contributed by atoms with Crippen molar-refractivity contribution in [2.45, 2.75) is 151 Å². The molecule has 308 valence electrons. The summed E-state index contributed by atoms with van der Waals surface area (Å²) in [5.41, 5.74) is -0.00696. The largest absolute Gasteiger partial charge is 0.481 e. The molecule has 1 saturated heterocycles. The molecule has 0 bridgehead atoms. The Morgan fingerprint density at radius 2 is 1.50 bits per heavy atom. The summed E-state index contributed by atoms with van der Waals surface area (Å²) in [5, 5.41) is 24.3. The number of aliphatic hydroxyl groups excluding tert-OH is 1. The van der Waals surface area contributed by atoms with Gasteiger partial charge in [0.1, 0.15) is 6.10 Å². The highest BCUT2D eigenvalue weighted by atomic mass is 32.2. The number of rotatable bonds is 10. The van der Waals surface area contributed by atoms with E-state index >= 15 is 0 Å². The van der Waals surface area contributed by atoms with Crippen LogP contribution in [0.15, 0.2) is 0 Å².